The molecule has 4 nitrogen and oxygen atoms in total. The monoisotopic (exact) mass is 289 g/mol. The second-order valence-corrected chi connectivity index (χ2v) is 5.28. The van der Waals surface area contributed by atoms with Crippen molar-refractivity contribution in [2.75, 3.05) is 0 Å². The Kier molecular flexibility index (Phi) is 4.53. The van der Waals surface area contributed by atoms with E-state index in [0.717, 1.165) is 11.1 Å². The molecule has 1 aromatic carbocycles. The summed E-state index contributed by atoms with van der Waals surface area (Å²) in [6, 6.07) is 8.49. The summed E-state index contributed by atoms with van der Waals surface area (Å²) in [5, 5.41) is 15.6. The normalized spacial score (nSPS) is 11.8. The minimum absolute atomic E-state index is 0.0656. The van der Waals surface area contributed by atoms with Gasteiger partial charge in [-0.05, 0) is 47.0 Å². The molecule has 20 heavy (non-hydrogen) atoms. The third-order valence-electron chi connectivity index (χ3n) is 3.08. The van der Waals surface area contributed by atoms with E-state index in [4.69, 9.17) is 5.11 Å². The van der Waals surface area contributed by atoms with Gasteiger partial charge >= 0.3 is 5.97 Å². The summed E-state index contributed by atoms with van der Waals surface area (Å²) in [7, 11) is 0. The van der Waals surface area contributed by atoms with Gasteiger partial charge in [-0.1, -0.05) is 12.1 Å². The molecule has 2 rings (SSSR count). The molecule has 0 spiro atoms. The average molecular weight is 289 g/mol. The van der Waals surface area contributed by atoms with Crippen molar-refractivity contribution >= 4 is 23.2 Å². The van der Waals surface area contributed by atoms with Gasteiger partial charge in [0.05, 0.1) is 11.5 Å². The lowest BCUT2D eigenvalue weighted by molar-refractivity contribution is -0.122. The number of amides is 1. The molecule has 1 atom stereocenters. The van der Waals surface area contributed by atoms with Gasteiger partial charge in [0.25, 0.3) is 0 Å². The Balaban J connectivity index is 1.96. The van der Waals surface area contributed by atoms with Crippen molar-refractivity contribution in [2.24, 2.45) is 0 Å². The molecule has 1 heterocycles. The highest BCUT2D eigenvalue weighted by molar-refractivity contribution is 7.08. The molecule has 0 aliphatic heterocycles. The van der Waals surface area contributed by atoms with Crippen LogP contribution in [-0.2, 0) is 11.3 Å². The molecule has 0 aliphatic carbocycles. The molecule has 5 heteroatoms. The van der Waals surface area contributed by atoms with Gasteiger partial charge in [0.15, 0.2) is 0 Å². The zero-order chi connectivity index (χ0) is 14.5. The molecule has 0 fully saturated rings. The molecule has 2 aromatic rings. The third-order valence-corrected chi connectivity index (χ3v) is 3.78. The van der Waals surface area contributed by atoms with Crippen LogP contribution in [0.15, 0.2) is 41.1 Å². The van der Waals surface area contributed by atoms with Gasteiger partial charge in [-0.25, -0.2) is 4.79 Å². The Labute approximate surface area is 121 Å². The molecule has 1 aromatic heterocycles. The van der Waals surface area contributed by atoms with Crippen molar-refractivity contribution in [3.63, 3.8) is 0 Å². The van der Waals surface area contributed by atoms with E-state index in [9.17, 15) is 9.59 Å². The predicted octanol–water partition coefficient (Wildman–Crippen LogP) is 2.87. The highest BCUT2D eigenvalue weighted by atomic mass is 32.1. The number of aromatic carboxylic acids is 1. The molecule has 0 saturated carbocycles. The lowest BCUT2D eigenvalue weighted by Crippen LogP contribution is -2.27. The molecule has 1 amide bonds. The zero-order valence-corrected chi connectivity index (χ0v) is 11.8. The van der Waals surface area contributed by atoms with Crippen molar-refractivity contribution in [2.45, 2.75) is 19.4 Å². The summed E-state index contributed by atoms with van der Waals surface area (Å²) in [6.45, 7) is 2.18. The Hall–Kier alpha value is -2.14. The van der Waals surface area contributed by atoms with Crippen LogP contribution in [0.3, 0.4) is 0 Å². The lowest BCUT2D eigenvalue weighted by atomic mass is 10.0. The maximum absolute atomic E-state index is 12.0. The van der Waals surface area contributed by atoms with Gasteiger partial charge in [0, 0.05) is 6.54 Å². The maximum atomic E-state index is 12.0. The SMILES string of the molecule is CC(C(=O)NCc1cccc(C(=O)O)c1)c1ccsc1. The number of thiophene rings is 1. The van der Waals surface area contributed by atoms with E-state index < -0.39 is 5.97 Å². The smallest absolute Gasteiger partial charge is 0.335 e. The van der Waals surface area contributed by atoms with E-state index in [-0.39, 0.29) is 17.4 Å². The molecular formula is C15H15NO3S. The van der Waals surface area contributed by atoms with Crippen LogP contribution in [0.25, 0.3) is 0 Å². The van der Waals surface area contributed by atoms with Crippen molar-refractivity contribution in [1.82, 2.24) is 5.32 Å². The second kappa shape index (κ2) is 6.34. The summed E-state index contributed by atoms with van der Waals surface area (Å²) in [5.41, 5.74) is 1.99. The van der Waals surface area contributed by atoms with Gasteiger partial charge in [-0.2, -0.15) is 11.3 Å². The fraction of sp³-hybridized carbons (Fsp3) is 0.200. The second-order valence-electron chi connectivity index (χ2n) is 4.50. The molecule has 104 valence electrons. The number of carboxylic acid groups (broad SMARTS) is 1. The lowest BCUT2D eigenvalue weighted by Gasteiger charge is -2.11. The molecule has 0 aliphatic rings. The van der Waals surface area contributed by atoms with Gasteiger partial charge in [-0.3, -0.25) is 4.79 Å². The fourth-order valence-corrected chi connectivity index (χ4v) is 2.58. The highest BCUT2D eigenvalue weighted by Crippen LogP contribution is 2.18. The van der Waals surface area contributed by atoms with Gasteiger partial charge in [-0.15, -0.1) is 0 Å². The van der Waals surface area contributed by atoms with Crippen molar-refractivity contribution in [3.8, 4) is 0 Å². The molecular weight excluding hydrogens is 274 g/mol. The van der Waals surface area contributed by atoms with Crippen LogP contribution in [0.2, 0.25) is 0 Å². The predicted molar refractivity (Wildman–Crippen MR) is 78.0 cm³/mol. The first-order valence-electron chi connectivity index (χ1n) is 6.20. The fourth-order valence-electron chi connectivity index (χ4n) is 1.83. The number of benzene rings is 1. The van der Waals surface area contributed by atoms with E-state index in [1.807, 2.05) is 23.8 Å². The van der Waals surface area contributed by atoms with E-state index in [2.05, 4.69) is 5.32 Å². The minimum Gasteiger partial charge on any atom is -0.478 e. The number of hydrogen-bond acceptors (Lipinski definition) is 3. The number of carbonyl (C=O) groups excluding carboxylic acids is 1. The summed E-state index contributed by atoms with van der Waals surface area (Å²) in [5.74, 6) is -1.24. The maximum Gasteiger partial charge on any atom is 0.335 e. The van der Waals surface area contributed by atoms with Crippen LogP contribution in [-0.4, -0.2) is 17.0 Å². The number of hydrogen-bond donors (Lipinski definition) is 2. The Morgan fingerprint density at radius 2 is 2.15 bits per heavy atom. The van der Waals surface area contributed by atoms with Gasteiger partial charge in [0.1, 0.15) is 0 Å². The molecule has 0 radical (unpaired) electrons. The standard InChI is InChI=1S/C15H15NO3S/c1-10(13-5-6-20-9-13)14(17)16-8-11-3-2-4-12(7-11)15(18)19/h2-7,9-10H,8H2,1H3,(H,16,17)(H,18,19). The number of rotatable bonds is 5. The van der Waals surface area contributed by atoms with Crippen molar-refractivity contribution in [1.29, 1.82) is 0 Å². The van der Waals surface area contributed by atoms with E-state index in [1.165, 1.54) is 6.07 Å². The molecule has 0 bridgehead atoms. The third kappa shape index (κ3) is 3.45. The molecule has 2 N–H and O–H groups in total. The summed E-state index contributed by atoms with van der Waals surface area (Å²) in [4.78, 5) is 22.9. The molecule has 1 unspecified atom stereocenters. The zero-order valence-electron chi connectivity index (χ0n) is 11.0. The topological polar surface area (TPSA) is 66.4 Å². The van der Waals surface area contributed by atoms with Crippen LogP contribution < -0.4 is 5.32 Å². The quantitative estimate of drug-likeness (QED) is 0.889. The Morgan fingerprint density at radius 3 is 2.80 bits per heavy atom. The van der Waals surface area contributed by atoms with Crippen LogP contribution in [0.4, 0.5) is 0 Å². The first-order chi connectivity index (χ1) is 9.58. The number of nitrogens with one attached hydrogen (secondary N) is 1. The minimum atomic E-state index is -0.968. The largest absolute Gasteiger partial charge is 0.478 e. The van der Waals surface area contributed by atoms with Gasteiger partial charge < -0.3 is 10.4 Å². The van der Waals surface area contributed by atoms with Crippen LogP contribution in [0.5, 0.6) is 0 Å². The van der Waals surface area contributed by atoms with Crippen LogP contribution in [0.1, 0.15) is 34.3 Å². The van der Waals surface area contributed by atoms with Crippen LogP contribution in [0, 0.1) is 0 Å². The number of carboxylic acids is 1. The summed E-state index contributed by atoms with van der Waals surface area (Å²) < 4.78 is 0. The summed E-state index contributed by atoms with van der Waals surface area (Å²) >= 11 is 1.56. The van der Waals surface area contributed by atoms with E-state index in [1.54, 1.807) is 29.5 Å². The van der Waals surface area contributed by atoms with Crippen LogP contribution >= 0.6 is 11.3 Å². The highest BCUT2D eigenvalue weighted by Gasteiger charge is 2.15. The summed E-state index contributed by atoms with van der Waals surface area (Å²) in [6.07, 6.45) is 0. The Morgan fingerprint density at radius 1 is 1.35 bits per heavy atom. The first-order valence-corrected chi connectivity index (χ1v) is 7.14. The molecule has 0 saturated heterocycles. The average Bonchev–Trinajstić information content (AvgIpc) is 2.98. The first kappa shape index (κ1) is 14.3. The van der Waals surface area contributed by atoms with E-state index in [0.29, 0.717) is 6.54 Å². The van der Waals surface area contributed by atoms with Crippen molar-refractivity contribution < 1.29 is 14.7 Å². The number of carbonyl (C=O) groups is 2. The van der Waals surface area contributed by atoms with Gasteiger partial charge in [0.2, 0.25) is 5.91 Å². The Bertz CT molecular complexity index is 607. The van der Waals surface area contributed by atoms with E-state index >= 15 is 0 Å². The van der Waals surface area contributed by atoms with Crippen molar-refractivity contribution in [3.05, 3.63) is 57.8 Å².